The monoisotopic (exact) mass is 234 g/mol. The molecular weight excluding hydrogens is 212 g/mol. The molecule has 0 bridgehead atoms. The van der Waals surface area contributed by atoms with Crippen LogP contribution in [0.5, 0.6) is 0 Å². The van der Waals surface area contributed by atoms with E-state index in [4.69, 9.17) is 5.73 Å². The van der Waals surface area contributed by atoms with Crippen molar-refractivity contribution in [1.82, 2.24) is 5.32 Å². The van der Waals surface area contributed by atoms with Gasteiger partial charge in [0, 0.05) is 12.0 Å². The Balaban J connectivity index is 2.63. The molecule has 0 fully saturated rings. The first-order valence-electron chi connectivity index (χ1n) is 6.04. The van der Waals surface area contributed by atoms with E-state index in [0.717, 1.165) is 5.56 Å². The van der Waals surface area contributed by atoms with Crippen LogP contribution in [0, 0.1) is 12.8 Å². The second-order valence-electron chi connectivity index (χ2n) is 4.79. The van der Waals surface area contributed by atoms with Gasteiger partial charge in [-0.1, -0.05) is 36.8 Å². The van der Waals surface area contributed by atoms with Crippen molar-refractivity contribution in [1.29, 1.82) is 0 Å². The number of amides is 1. The van der Waals surface area contributed by atoms with Gasteiger partial charge in [-0.15, -0.1) is 0 Å². The summed E-state index contributed by atoms with van der Waals surface area (Å²) in [6, 6.07) is 8.07. The molecule has 0 aliphatic rings. The third kappa shape index (κ3) is 3.86. The molecule has 0 spiro atoms. The van der Waals surface area contributed by atoms with Gasteiger partial charge >= 0.3 is 0 Å². The fraction of sp³-hybridized carbons (Fsp3) is 0.500. The molecule has 3 heteroatoms. The van der Waals surface area contributed by atoms with Crippen LogP contribution in [-0.4, -0.2) is 11.9 Å². The number of hydrogen-bond donors (Lipinski definition) is 2. The molecule has 0 aromatic heterocycles. The largest absolute Gasteiger partial charge is 0.349 e. The summed E-state index contributed by atoms with van der Waals surface area (Å²) >= 11 is 0. The fourth-order valence-electron chi connectivity index (χ4n) is 1.52. The van der Waals surface area contributed by atoms with Crippen molar-refractivity contribution in [2.24, 2.45) is 11.7 Å². The third-order valence-electron chi connectivity index (χ3n) is 3.14. The van der Waals surface area contributed by atoms with Crippen LogP contribution in [0.3, 0.4) is 0 Å². The van der Waals surface area contributed by atoms with Gasteiger partial charge in [0.1, 0.15) is 0 Å². The second-order valence-corrected chi connectivity index (χ2v) is 4.79. The summed E-state index contributed by atoms with van der Waals surface area (Å²) in [5.41, 5.74) is 8.04. The van der Waals surface area contributed by atoms with Crippen molar-refractivity contribution in [3.63, 3.8) is 0 Å². The van der Waals surface area contributed by atoms with Crippen LogP contribution >= 0.6 is 0 Å². The van der Waals surface area contributed by atoms with Gasteiger partial charge in [-0.3, -0.25) is 4.79 Å². The van der Waals surface area contributed by atoms with E-state index in [1.54, 1.807) is 0 Å². The Morgan fingerprint density at radius 3 is 2.18 bits per heavy atom. The number of nitrogens with one attached hydrogen (secondary N) is 1. The summed E-state index contributed by atoms with van der Waals surface area (Å²) in [7, 11) is 0. The standard InChI is InChI=1S/C14H22N2O/c1-9-5-7-13(8-6-9)12(4)16-14(17)10(2)11(3)15/h5-8,10-12H,15H2,1-4H3,(H,16,17)/t10?,11?,12-/m0/s1. The Labute approximate surface area is 103 Å². The topological polar surface area (TPSA) is 55.1 Å². The predicted molar refractivity (Wildman–Crippen MR) is 70.6 cm³/mol. The quantitative estimate of drug-likeness (QED) is 0.838. The van der Waals surface area contributed by atoms with Crippen LogP contribution in [0.15, 0.2) is 24.3 Å². The Bertz CT molecular complexity index is 370. The van der Waals surface area contributed by atoms with Crippen molar-refractivity contribution in [3.8, 4) is 0 Å². The zero-order valence-electron chi connectivity index (χ0n) is 11.0. The third-order valence-corrected chi connectivity index (χ3v) is 3.14. The highest BCUT2D eigenvalue weighted by molar-refractivity contribution is 5.79. The first-order valence-corrected chi connectivity index (χ1v) is 6.04. The summed E-state index contributed by atoms with van der Waals surface area (Å²) in [5, 5.41) is 2.98. The number of benzene rings is 1. The highest BCUT2D eigenvalue weighted by atomic mass is 16.1. The summed E-state index contributed by atoms with van der Waals surface area (Å²) in [5.74, 6) is -0.157. The van der Waals surface area contributed by atoms with Crippen molar-refractivity contribution in [2.45, 2.75) is 39.8 Å². The van der Waals surface area contributed by atoms with Crippen molar-refractivity contribution in [3.05, 3.63) is 35.4 Å². The number of nitrogens with two attached hydrogens (primary N) is 1. The molecule has 1 aromatic rings. The van der Waals surface area contributed by atoms with E-state index in [-0.39, 0.29) is 23.9 Å². The Morgan fingerprint density at radius 2 is 1.71 bits per heavy atom. The summed E-state index contributed by atoms with van der Waals surface area (Å²) in [6.07, 6.45) is 0. The molecule has 3 nitrogen and oxygen atoms in total. The average Bonchev–Trinajstić information content (AvgIpc) is 2.28. The van der Waals surface area contributed by atoms with E-state index in [2.05, 4.69) is 5.32 Å². The molecule has 1 amide bonds. The Kier molecular flexibility index (Phi) is 4.70. The molecule has 3 atom stereocenters. The average molecular weight is 234 g/mol. The molecule has 17 heavy (non-hydrogen) atoms. The molecule has 1 aromatic carbocycles. The molecule has 0 aliphatic carbocycles. The van der Waals surface area contributed by atoms with E-state index in [0.29, 0.717) is 0 Å². The van der Waals surface area contributed by atoms with E-state index in [1.165, 1.54) is 5.56 Å². The van der Waals surface area contributed by atoms with Crippen LogP contribution in [0.4, 0.5) is 0 Å². The lowest BCUT2D eigenvalue weighted by Crippen LogP contribution is -2.39. The summed E-state index contributed by atoms with van der Waals surface area (Å²) in [4.78, 5) is 11.8. The first kappa shape index (κ1) is 13.7. The molecule has 0 saturated carbocycles. The van der Waals surface area contributed by atoms with Gasteiger partial charge in [-0.25, -0.2) is 0 Å². The lowest BCUT2D eigenvalue weighted by atomic mass is 10.0. The van der Waals surface area contributed by atoms with E-state index in [1.807, 2.05) is 52.0 Å². The van der Waals surface area contributed by atoms with Crippen LogP contribution in [-0.2, 0) is 4.79 Å². The van der Waals surface area contributed by atoms with Gasteiger partial charge in [-0.05, 0) is 26.3 Å². The van der Waals surface area contributed by atoms with Gasteiger partial charge in [0.15, 0.2) is 0 Å². The number of aryl methyl sites for hydroxylation is 1. The second kappa shape index (κ2) is 5.82. The zero-order valence-corrected chi connectivity index (χ0v) is 11.0. The maximum absolute atomic E-state index is 11.8. The lowest BCUT2D eigenvalue weighted by molar-refractivity contribution is -0.125. The van der Waals surface area contributed by atoms with Gasteiger partial charge in [-0.2, -0.15) is 0 Å². The summed E-state index contributed by atoms with van der Waals surface area (Å²) in [6.45, 7) is 7.73. The molecule has 0 saturated heterocycles. The fourth-order valence-corrected chi connectivity index (χ4v) is 1.52. The number of carbonyl (C=O) groups is 1. The molecule has 0 radical (unpaired) electrons. The minimum absolute atomic E-state index is 0.00748. The molecule has 3 N–H and O–H groups in total. The van der Waals surface area contributed by atoms with E-state index >= 15 is 0 Å². The maximum atomic E-state index is 11.8. The number of rotatable bonds is 4. The normalized spacial score (nSPS) is 16.1. The maximum Gasteiger partial charge on any atom is 0.224 e. The van der Waals surface area contributed by atoms with Crippen LogP contribution in [0.25, 0.3) is 0 Å². The van der Waals surface area contributed by atoms with Gasteiger partial charge in [0.2, 0.25) is 5.91 Å². The lowest BCUT2D eigenvalue weighted by Gasteiger charge is -2.20. The number of hydrogen-bond acceptors (Lipinski definition) is 2. The highest BCUT2D eigenvalue weighted by Gasteiger charge is 2.19. The minimum atomic E-state index is -0.164. The van der Waals surface area contributed by atoms with E-state index in [9.17, 15) is 4.79 Å². The Morgan fingerprint density at radius 1 is 1.18 bits per heavy atom. The molecule has 0 heterocycles. The molecule has 94 valence electrons. The van der Waals surface area contributed by atoms with Crippen molar-refractivity contribution >= 4 is 5.91 Å². The van der Waals surface area contributed by atoms with Crippen molar-refractivity contribution in [2.75, 3.05) is 0 Å². The molecule has 0 aliphatic heterocycles. The highest BCUT2D eigenvalue weighted by Crippen LogP contribution is 2.14. The van der Waals surface area contributed by atoms with Crippen molar-refractivity contribution < 1.29 is 4.79 Å². The predicted octanol–water partition coefficient (Wildman–Crippen LogP) is 2.16. The van der Waals surface area contributed by atoms with E-state index < -0.39 is 0 Å². The van der Waals surface area contributed by atoms with Crippen LogP contribution < -0.4 is 11.1 Å². The smallest absolute Gasteiger partial charge is 0.224 e. The SMILES string of the molecule is Cc1ccc([C@H](C)NC(=O)C(C)C(C)N)cc1. The molecule has 1 rings (SSSR count). The van der Waals surface area contributed by atoms with Gasteiger partial charge < -0.3 is 11.1 Å². The number of carbonyl (C=O) groups excluding carboxylic acids is 1. The van der Waals surface area contributed by atoms with Crippen LogP contribution in [0.2, 0.25) is 0 Å². The zero-order chi connectivity index (χ0) is 13.0. The Hall–Kier alpha value is -1.35. The summed E-state index contributed by atoms with van der Waals surface area (Å²) < 4.78 is 0. The van der Waals surface area contributed by atoms with Gasteiger partial charge in [0.25, 0.3) is 0 Å². The molecule has 2 unspecified atom stereocenters. The van der Waals surface area contributed by atoms with Gasteiger partial charge in [0.05, 0.1) is 6.04 Å². The van der Waals surface area contributed by atoms with Crippen LogP contribution in [0.1, 0.15) is 37.9 Å². The first-order chi connectivity index (χ1) is 7.91. The molecular formula is C14H22N2O. The minimum Gasteiger partial charge on any atom is -0.349 e.